The molecule has 88 valence electrons. The monoisotopic (exact) mass is 239 g/mol. The lowest BCUT2D eigenvalue weighted by atomic mass is 10.1. The Hall–Kier alpha value is -1.99. The lowest BCUT2D eigenvalue weighted by Crippen LogP contribution is -2.20. The molecule has 0 unspecified atom stereocenters. The zero-order valence-electron chi connectivity index (χ0n) is 7.51. The van der Waals surface area contributed by atoms with Gasteiger partial charge in [-0.25, -0.2) is 9.18 Å². The number of hydrogen-bond donors (Lipinski definition) is 2. The molecule has 0 heterocycles. The Labute approximate surface area is 86.2 Å². The molecule has 0 aliphatic rings. The van der Waals surface area contributed by atoms with Crippen LogP contribution in [0, 0.1) is 5.82 Å². The minimum atomic E-state index is -5.15. The number of rotatable bonds is 2. The van der Waals surface area contributed by atoms with E-state index in [4.69, 9.17) is 10.8 Å². The molecule has 0 amide bonds. The van der Waals surface area contributed by atoms with Crippen LogP contribution in [0.3, 0.4) is 0 Å². The first-order valence-corrected chi connectivity index (χ1v) is 3.79. The van der Waals surface area contributed by atoms with Crippen molar-refractivity contribution >= 4 is 11.7 Å². The number of aromatic carboxylic acids is 1. The summed E-state index contributed by atoms with van der Waals surface area (Å²) in [6.07, 6.45) is -5.15. The summed E-state index contributed by atoms with van der Waals surface area (Å²) in [7, 11) is 0. The van der Waals surface area contributed by atoms with Gasteiger partial charge in [-0.05, 0) is 12.1 Å². The fourth-order valence-corrected chi connectivity index (χ4v) is 0.979. The predicted octanol–water partition coefficient (Wildman–Crippen LogP) is 2.00. The van der Waals surface area contributed by atoms with Crippen LogP contribution in [0.5, 0.6) is 5.75 Å². The molecule has 0 aromatic heterocycles. The van der Waals surface area contributed by atoms with E-state index in [2.05, 4.69) is 4.74 Å². The first-order valence-electron chi connectivity index (χ1n) is 3.79. The van der Waals surface area contributed by atoms with Gasteiger partial charge in [0.15, 0.2) is 11.6 Å². The number of nitrogen functional groups attached to an aromatic ring is 1. The van der Waals surface area contributed by atoms with Crippen LogP contribution in [0.15, 0.2) is 12.1 Å². The van der Waals surface area contributed by atoms with Crippen LogP contribution in [0.2, 0.25) is 0 Å². The van der Waals surface area contributed by atoms with E-state index in [0.717, 1.165) is 6.07 Å². The Balaban J connectivity index is 3.27. The molecule has 1 aromatic carbocycles. The number of hydrogen-bond acceptors (Lipinski definition) is 3. The van der Waals surface area contributed by atoms with Gasteiger partial charge in [-0.15, -0.1) is 13.2 Å². The van der Waals surface area contributed by atoms with E-state index >= 15 is 0 Å². The lowest BCUT2D eigenvalue weighted by molar-refractivity contribution is -0.275. The topological polar surface area (TPSA) is 72.6 Å². The van der Waals surface area contributed by atoms with Crippen LogP contribution >= 0.6 is 0 Å². The van der Waals surface area contributed by atoms with Crippen molar-refractivity contribution in [2.75, 3.05) is 5.73 Å². The van der Waals surface area contributed by atoms with Gasteiger partial charge in [-0.3, -0.25) is 0 Å². The number of carboxylic acids is 1. The second-order valence-electron chi connectivity index (χ2n) is 2.69. The summed E-state index contributed by atoms with van der Waals surface area (Å²) in [5, 5.41) is 8.54. The fraction of sp³-hybridized carbons (Fsp3) is 0.125. The molecule has 0 radical (unpaired) electrons. The van der Waals surface area contributed by atoms with Crippen LogP contribution in [0.1, 0.15) is 10.4 Å². The Morgan fingerprint density at radius 3 is 2.38 bits per heavy atom. The van der Waals surface area contributed by atoms with Crippen molar-refractivity contribution < 1.29 is 32.2 Å². The van der Waals surface area contributed by atoms with Gasteiger partial charge >= 0.3 is 12.3 Å². The summed E-state index contributed by atoms with van der Waals surface area (Å²) in [5.74, 6) is -4.31. The van der Waals surface area contributed by atoms with Crippen molar-refractivity contribution in [3.63, 3.8) is 0 Å². The van der Waals surface area contributed by atoms with E-state index in [9.17, 15) is 22.4 Å². The maximum absolute atomic E-state index is 12.9. The highest BCUT2D eigenvalue weighted by Crippen LogP contribution is 2.33. The average molecular weight is 239 g/mol. The maximum atomic E-state index is 12.9. The van der Waals surface area contributed by atoms with Crippen molar-refractivity contribution in [3.05, 3.63) is 23.5 Å². The molecule has 3 N–H and O–H groups in total. The first kappa shape index (κ1) is 12.1. The highest BCUT2D eigenvalue weighted by molar-refractivity contribution is 5.95. The fourth-order valence-electron chi connectivity index (χ4n) is 0.979. The third-order valence-electron chi connectivity index (χ3n) is 1.60. The highest BCUT2D eigenvalue weighted by Gasteiger charge is 2.34. The lowest BCUT2D eigenvalue weighted by Gasteiger charge is -2.13. The van der Waals surface area contributed by atoms with Crippen molar-refractivity contribution in [3.8, 4) is 5.75 Å². The number of alkyl halides is 3. The van der Waals surface area contributed by atoms with E-state index in [0.29, 0.717) is 6.07 Å². The third-order valence-corrected chi connectivity index (χ3v) is 1.60. The Morgan fingerprint density at radius 2 is 1.94 bits per heavy atom. The largest absolute Gasteiger partial charge is 0.573 e. The van der Waals surface area contributed by atoms with Gasteiger partial charge in [0.1, 0.15) is 0 Å². The molecule has 0 bridgehead atoms. The first-order chi connectivity index (χ1) is 7.22. The number of anilines is 1. The average Bonchev–Trinajstić information content (AvgIpc) is 2.10. The summed E-state index contributed by atoms with van der Waals surface area (Å²) in [5.41, 5.74) is 3.47. The Kier molecular flexibility index (Phi) is 2.92. The second-order valence-corrected chi connectivity index (χ2v) is 2.69. The van der Waals surface area contributed by atoms with Gasteiger partial charge in [0.05, 0.1) is 11.3 Å². The molecular weight excluding hydrogens is 234 g/mol. The molecule has 0 atom stereocenters. The summed E-state index contributed by atoms with van der Waals surface area (Å²) in [6, 6.07) is 1.27. The zero-order chi connectivity index (χ0) is 12.5. The van der Waals surface area contributed by atoms with Gasteiger partial charge in [-0.2, -0.15) is 0 Å². The molecule has 0 spiro atoms. The van der Waals surface area contributed by atoms with Gasteiger partial charge in [0.2, 0.25) is 0 Å². The Morgan fingerprint density at radius 1 is 1.38 bits per heavy atom. The van der Waals surface area contributed by atoms with Crippen LogP contribution in [-0.2, 0) is 0 Å². The van der Waals surface area contributed by atoms with Gasteiger partial charge < -0.3 is 15.6 Å². The number of nitrogens with two attached hydrogens (primary N) is 1. The molecule has 4 nitrogen and oxygen atoms in total. The van der Waals surface area contributed by atoms with Crippen molar-refractivity contribution in [1.29, 1.82) is 0 Å². The third kappa shape index (κ3) is 2.53. The predicted molar refractivity (Wildman–Crippen MR) is 44.5 cm³/mol. The van der Waals surface area contributed by atoms with Crippen molar-refractivity contribution in [2.24, 2.45) is 0 Å². The maximum Gasteiger partial charge on any atom is 0.573 e. The minimum absolute atomic E-state index is 0.529. The van der Waals surface area contributed by atoms with Gasteiger partial charge in [0, 0.05) is 0 Å². The normalized spacial score (nSPS) is 11.2. The number of carbonyl (C=O) groups is 1. The number of benzene rings is 1. The molecule has 0 aliphatic heterocycles. The summed E-state index contributed by atoms with van der Waals surface area (Å²) in [4.78, 5) is 10.5. The minimum Gasteiger partial charge on any atom is -0.478 e. The second kappa shape index (κ2) is 3.87. The van der Waals surface area contributed by atoms with Crippen LogP contribution in [-0.4, -0.2) is 17.4 Å². The summed E-state index contributed by atoms with van der Waals surface area (Å²) < 4.78 is 51.7. The number of halogens is 4. The summed E-state index contributed by atoms with van der Waals surface area (Å²) >= 11 is 0. The molecule has 0 saturated carbocycles. The molecule has 0 saturated heterocycles. The number of ether oxygens (including phenoxy) is 1. The molecule has 0 fully saturated rings. The van der Waals surface area contributed by atoms with Gasteiger partial charge in [0.25, 0.3) is 0 Å². The van der Waals surface area contributed by atoms with Crippen LogP contribution < -0.4 is 10.5 Å². The smallest absolute Gasteiger partial charge is 0.478 e. The van der Waals surface area contributed by atoms with Crippen LogP contribution in [0.25, 0.3) is 0 Å². The molecule has 0 aliphatic carbocycles. The van der Waals surface area contributed by atoms with E-state index in [1.807, 2.05) is 0 Å². The van der Waals surface area contributed by atoms with Gasteiger partial charge in [-0.1, -0.05) is 0 Å². The number of carboxylic acid groups (broad SMARTS) is 1. The van der Waals surface area contributed by atoms with E-state index in [-0.39, 0.29) is 0 Å². The molecule has 8 heteroatoms. The van der Waals surface area contributed by atoms with E-state index in [1.54, 1.807) is 0 Å². The molecule has 1 rings (SSSR count). The molecule has 16 heavy (non-hydrogen) atoms. The van der Waals surface area contributed by atoms with Crippen molar-refractivity contribution in [1.82, 2.24) is 0 Å². The SMILES string of the molecule is Nc1c(C(=O)O)ccc(F)c1OC(F)(F)F. The quantitative estimate of drug-likeness (QED) is 0.611. The molecule has 1 aromatic rings. The zero-order valence-corrected chi connectivity index (χ0v) is 7.51. The summed E-state index contributed by atoms with van der Waals surface area (Å²) in [6.45, 7) is 0. The highest BCUT2D eigenvalue weighted by atomic mass is 19.4. The van der Waals surface area contributed by atoms with Crippen LogP contribution in [0.4, 0.5) is 23.2 Å². The Bertz CT molecular complexity index is 430. The van der Waals surface area contributed by atoms with Crippen molar-refractivity contribution in [2.45, 2.75) is 6.36 Å². The standard InChI is InChI=1S/C8H5F4NO3/c9-4-2-1-3(7(14)15)5(13)6(4)16-8(10,11)12/h1-2H,13H2,(H,14,15). The molecular formula is C8H5F4NO3. The van der Waals surface area contributed by atoms with E-state index < -0.39 is 35.1 Å². The van der Waals surface area contributed by atoms with E-state index in [1.165, 1.54) is 0 Å².